The topological polar surface area (TPSA) is 20.2 Å². The monoisotopic (exact) mass is 312 g/mol. The average molecular weight is 313 g/mol. The minimum Gasteiger partial charge on any atom is -0.507 e. The Morgan fingerprint density at radius 2 is 2.10 bits per heavy atom. The van der Waals surface area contributed by atoms with Crippen molar-refractivity contribution in [2.24, 2.45) is 0 Å². The Bertz CT molecular complexity index is 237. The van der Waals surface area contributed by atoms with E-state index < -0.39 is 0 Å². The van der Waals surface area contributed by atoms with E-state index in [2.05, 4.69) is 38.5 Å². The molecule has 0 bridgehead atoms. The standard InChI is InChI=1S/C7H6BrIO/c1-4-2-5(8)7(9)6(10)3-4/h2-3,10H,1H3. The molecule has 0 saturated heterocycles. The molecule has 0 aliphatic rings. The fourth-order valence-electron chi connectivity index (χ4n) is 0.706. The van der Waals surface area contributed by atoms with Crippen molar-refractivity contribution < 1.29 is 5.11 Å². The van der Waals surface area contributed by atoms with Crippen LogP contribution in [0, 0.1) is 10.5 Å². The number of halogens is 2. The van der Waals surface area contributed by atoms with Gasteiger partial charge in [-0.3, -0.25) is 0 Å². The number of phenolic OH excluding ortho intramolecular Hbond substituents is 1. The number of phenols is 1. The lowest BCUT2D eigenvalue weighted by Gasteiger charge is -2.00. The van der Waals surface area contributed by atoms with Gasteiger partial charge in [-0.25, -0.2) is 0 Å². The van der Waals surface area contributed by atoms with Crippen LogP contribution in [-0.4, -0.2) is 5.11 Å². The molecule has 54 valence electrons. The molecule has 0 unspecified atom stereocenters. The minimum absolute atomic E-state index is 0.340. The number of rotatable bonds is 0. The van der Waals surface area contributed by atoms with Crippen LogP contribution in [0.5, 0.6) is 5.75 Å². The van der Waals surface area contributed by atoms with E-state index in [-0.39, 0.29) is 0 Å². The number of aromatic hydroxyl groups is 1. The summed E-state index contributed by atoms with van der Waals surface area (Å²) in [6, 6.07) is 3.72. The number of hydrogen-bond acceptors (Lipinski definition) is 1. The SMILES string of the molecule is Cc1cc(O)c(I)c(Br)c1. The third-order valence-corrected chi connectivity index (χ3v) is 3.65. The highest BCUT2D eigenvalue weighted by atomic mass is 127. The van der Waals surface area contributed by atoms with Gasteiger partial charge in [0.1, 0.15) is 5.75 Å². The molecule has 1 rings (SSSR count). The lowest BCUT2D eigenvalue weighted by Crippen LogP contribution is -1.78. The van der Waals surface area contributed by atoms with Crippen LogP contribution in [0.15, 0.2) is 16.6 Å². The van der Waals surface area contributed by atoms with Gasteiger partial charge in [0.15, 0.2) is 0 Å². The van der Waals surface area contributed by atoms with E-state index in [0.717, 1.165) is 13.6 Å². The fraction of sp³-hybridized carbons (Fsp3) is 0.143. The molecule has 1 aromatic carbocycles. The van der Waals surface area contributed by atoms with Crippen molar-refractivity contribution in [2.75, 3.05) is 0 Å². The van der Waals surface area contributed by atoms with Crippen molar-refractivity contribution in [3.8, 4) is 5.75 Å². The van der Waals surface area contributed by atoms with Crippen LogP contribution >= 0.6 is 38.5 Å². The van der Waals surface area contributed by atoms with Gasteiger partial charge >= 0.3 is 0 Å². The maximum absolute atomic E-state index is 9.24. The van der Waals surface area contributed by atoms with Crippen molar-refractivity contribution in [1.29, 1.82) is 0 Å². The quantitative estimate of drug-likeness (QED) is 0.730. The van der Waals surface area contributed by atoms with Gasteiger partial charge in [0.25, 0.3) is 0 Å². The zero-order chi connectivity index (χ0) is 7.72. The van der Waals surface area contributed by atoms with Crippen LogP contribution < -0.4 is 0 Å². The third kappa shape index (κ3) is 1.63. The lowest BCUT2D eigenvalue weighted by atomic mass is 10.2. The lowest BCUT2D eigenvalue weighted by molar-refractivity contribution is 0.470. The zero-order valence-electron chi connectivity index (χ0n) is 5.36. The first-order valence-corrected chi connectivity index (χ1v) is 4.63. The Labute approximate surface area is 81.7 Å². The molecule has 1 aromatic rings. The van der Waals surface area contributed by atoms with Crippen LogP contribution in [0.1, 0.15) is 5.56 Å². The molecule has 0 aliphatic carbocycles. The molecule has 0 atom stereocenters. The Balaban J connectivity index is 3.31. The van der Waals surface area contributed by atoms with E-state index in [1.54, 1.807) is 6.07 Å². The summed E-state index contributed by atoms with van der Waals surface area (Å²) in [6.07, 6.45) is 0. The normalized spacial score (nSPS) is 9.90. The highest BCUT2D eigenvalue weighted by Gasteiger charge is 2.01. The third-order valence-electron chi connectivity index (χ3n) is 1.15. The average Bonchev–Trinajstić information content (AvgIpc) is 1.82. The molecule has 1 N–H and O–H groups in total. The maximum Gasteiger partial charge on any atom is 0.130 e. The molecule has 0 fully saturated rings. The molecular formula is C7H6BrIO. The van der Waals surface area contributed by atoms with Gasteiger partial charge in [-0.1, -0.05) is 0 Å². The molecule has 10 heavy (non-hydrogen) atoms. The van der Waals surface area contributed by atoms with E-state index in [4.69, 9.17) is 0 Å². The van der Waals surface area contributed by atoms with Crippen molar-refractivity contribution in [3.05, 3.63) is 25.7 Å². The van der Waals surface area contributed by atoms with Gasteiger partial charge in [-0.05, 0) is 63.1 Å². The van der Waals surface area contributed by atoms with Crippen LogP contribution in [0.25, 0.3) is 0 Å². The molecule has 0 heterocycles. The molecule has 0 aliphatic heterocycles. The van der Waals surface area contributed by atoms with Crippen LogP contribution in [0.4, 0.5) is 0 Å². The fourth-order valence-corrected chi connectivity index (χ4v) is 1.58. The second-order valence-electron chi connectivity index (χ2n) is 2.08. The largest absolute Gasteiger partial charge is 0.507 e. The summed E-state index contributed by atoms with van der Waals surface area (Å²) in [5.74, 6) is 0.340. The van der Waals surface area contributed by atoms with Gasteiger partial charge in [0, 0.05) is 4.47 Å². The summed E-state index contributed by atoms with van der Waals surface area (Å²) in [6.45, 7) is 1.94. The van der Waals surface area contributed by atoms with E-state index in [9.17, 15) is 5.11 Å². The van der Waals surface area contributed by atoms with Crippen LogP contribution in [0.2, 0.25) is 0 Å². The van der Waals surface area contributed by atoms with Crippen LogP contribution in [-0.2, 0) is 0 Å². The zero-order valence-corrected chi connectivity index (χ0v) is 9.10. The van der Waals surface area contributed by atoms with E-state index in [0.29, 0.717) is 5.75 Å². The first-order chi connectivity index (χ1) is 4.61. The van der Waals surface area contributed by atoms with E-state index in [1.807, 2.05) is 13.0 Å². The molecule has 1 nitrogen and oxygen atoms in total. The minimum atomic E-state index is 0.340. The summed E-state index contributed by atoms with van der Waals surface area (Å²) in [5.41, 5.74) is 1.06. The summed E-state index contributed by atoms with van der Waals surface area (Å²) in [7, 11) is 0. The second-order valence-corrected chi connectivity index (χ2v) is 4.01. The smallest absolute Gasteiger partial charge is 0.130 e. The maximum atomic E-state index is 9.24. The second kappa shape index (κ2) is 3.09. The Morgan fingerprint density at radius 1 is 1.50 bits per heavy atom. The molecule has 0 radical (unpaired) electrons. The number of aryl methyl sites for hydroxylation is 1. The van der Waals surface area contributed by atoms with Crippen LogP contribution in [0.3, 0.4) is 0 Å². The summed E-state index contributed by atoms with van der Waals surface area (Å²) >= 11 is 5.42. The first-order valence-electron chi connectivity index (χ1n) is 2.76. The van der Waals surface area contributed by atoms with Gasteiger partial charge < -0.3 is 5.11 Å². The Hall–Kier alpha value is 0.230. The predicted molar refractivity (Wildman–Crippen MR) is 53.3 cm³/mol. The summed E-state index contributed by atoms with van der Waals surface area (Å²) < 4.78 is 1.81. The van der Waals surface area contributed by atoms with Gasteiger partial charge in [-0.2, -0.15) is 0 Å². The molecule has 0 spiro atoms. The highest BCUT2D eigenvalue weighted by Crippen LogP contribution is 2.28. The number of hydrogen-bond donors (Lipinski definition) is 1. The van der Waals surface area contributed by atoms with Crippen molar-refractivity contribution in [1.82, 2.24) is 0 Å². The molecule has 0 amide bonds. The van der Waals surface area contributed by atoms with Crippen molar-refractivity contribution in [3.63, 3.8) is 0 Å². The van der Waals surface area contributed by atoms with Crippen molar-refractivity contribution >= 4 is 38.5 Å². The molecule has 0 aromatic heterocycles. The van der Waals surface area contributed by atoms with E-state index in [1.165, 1.54) is 0 Å². The Morgan fingerprint density at radius 3 is 2.60 bits per heavy atom. The first kappa shape index (κ1) is 8.33. The van der Waals surface area contributed by atoms with Gasteiger partial charge in [-0.15, -0.1) is 0 Å². The Kier molecular flexibility index (Phi) is 2.57. The molecule has 3 heteroatoms. The molecular weight excluding hydrogens is 307 g/mol. The van der Waals surface area contributed by atoms with E-state index >= 15 is 0 Å². The molecule has 0 saturated carbocycles. The van der Waals surface area contributed by atoms with Gasteiger partial charge in [0.05, 0.1) is 3.57 Å². The summed E-state index contributed by atoms with van der Waals surface area (Å²) in [4.78, 5) is 0. The number of benzene rings is 1. The highest BCUT2D eigenvalue weighted by molar-refractivity contribution is 14.1. The van der Waals surface area contributed by atoms with Gasteiger partial charge in [0.2, 0.25) is 0 Å². The van der Waals surface area contributed by atoms with Crippen molar-refractivity contribution in [2.45, 2.75) is 6.92 Å². The summed E-state index contributed by atoms with van der Waals surface area (Å²) in [5, 5.41) is 9.24. The predicted octanol–water partition coefficient (Wildman–Crippen LogP) is 3.07.